The molecule has 0 unspecified atom stereocenters. The molecule has 0 radical (unpaired) electrons. The minimum Gasteiger partial charge on any atom is -0.322 e. The number of benzene rings is 2. The molecule has 1 N–H and O–H groups in total. The van der Waals surface area contributed by atoms with Crippen LogP contribution < -0.4 is 5.32 Å². The largest absolute Gasteiger partial charge is 0.322 e. The fourth-order valence-electron chi connectivity index (χ4n) is 2.42. The van der Waals surface area contributed by atoms with Gasteiger partial charge in [-0.2, -0.15) is 4.31 Å². The third-order valence-corrected chi connectivity index (χ3v) is 6.25. The van der Waals surface area contributed by atoms with Crippen LogP contribution in [0.4, 0.5) is 11.4 Å². The summed E-state index contributed by atoms with van der Waals surface area (Å²) in [5.74, 6) is -0.636. The number of carbonyl (C=O) groups is 1. The summed E-state index contributed by atoms with van der Waals surface area (Å²) in [6, 6.07) is 9.22. The van der Waals surface area contributed by atoms with Crippen molar-refractivity contribution in [3.05, 3.63) is 63.2 Å². The van der Waals surface area contributed by atoms with E-state index in [2.05, 4.69) is 5.32 Å². The fourth-order valence-corrected chi connectivity index (χ4v) is 4.08. The van der Waals surface area contributed by atoms with Gasteiger partial charge in [-0.1, -0.05) is 25.4 Å². The van der Waals surface area contributed by atoms with Gasteiger partial charge in [-0.05, 0) is 30.3 Å². The third kappa shape index (κ3) is 4.62. The minimum absolute atomic E-state index is 0.0503. The molecule has 10 heteroatoms. The highest BCUT2D eigenvalue weighted by molar-refractivity contribution is 7.89. The van der Waals surface area contributed by atoms with Gasteiger partial charge in [-0.15, -0.1) is 0 Å². The number of halogens is 1. The first-order valence-electron chi connectivity index (χ1n) is 8.06. The molecule has 0 fully saturated rings. The number of nitrogens with one attached hydrogen (secondary N) is 1. The zero-order valence-corrected chi connectivity index (χ0v) is 16.2. The molecule has 0 saturated carbocycles. The number of non-ortho nitro benzene ring substituents is 1. The Morgan fingerprint density at radius 2 is 1.74 bits per heavy atom. The molecule has 0 atom stereocenters. The molecule has 0 aliphatic heterocycles. The summed E-state index contributed by atoms with van der Waals surface area (Å²) in [7, 11) is -3.60. The summed E-state index contributed by atoms with van der Waals surface area (Å²) in [6.45, 7) is 4.20. The maximum Gasteiger partial charge on any atom is 0.270 e. The summed E-state index contributed by atoms with van der Waals surface area (Å²) < 4.78 is 26.2. The van der Waals surface area contributed by atoms with Gasteiger partial charge in [0.05, 0.1) is 20.4 Å². The van der Waals surface area contributed by atoms with Crippen molar-refractivity contribution in [1.82, 2.24) is 4.31 Å². The number of nitro groups is 1. The Kier molecular flexibility index (Phi) is 6.53. The molecule has 2 rings (SSSR count). The lowest BCUT2D eigenvalue weighted by Crippen LogP contribution is -2.30. The highest BCUT2D eigenvalue weighted by Crippen LogP contribution is 2.24. The van der Waals surface area contributed by atoms with Crippen LogP contribution in [-0.4, -0.2) is 36.6 Å². The Morgan fingerprint density at radius 3 is 2.26 bits per heavy atom. The average molecular weight is 412 g/mol. The van der Waals surface area contributed by atoms with E-state index in [9.17, 15) is 23.3 Å². The first kappa shape index (κ1) is 20.8. The molecular weight excluding hydrogens is 394 g/mol. The SMILES string of the molecule is CCN(CC)S(=O)(=O)c1ccc(NC(=O)c2cc([N+](=O)[O-])ccc2Cl)cc1. The smallest absolute Gasteiger partial charge is 0.270 e. The van der Waals surface area contributed by atoms with E-state index in [4.69, 9.17) is 11.6 Å². The van der Waals surface area contributed by atoms with Crippen molar-refractivity contribution in [3.8, 4) is 0 Å². The monoisotopic (exact) mass is 411 g/mol. The maximum absolute atomic E-state index is 12.5. The molecule has 144 valence electrons. The molecule has 2 aromatic rings. The van der Waals surface area contributed by atoms with E-state index in [1.807, 2.05) is 0 Å². The van der Waals surface area contributed by atoms with Crippen LogP contribution in [0, 0.1) is 10.1 Å². The van der Waals surface area contributed by atoms with Crippen molar-refractivity contribution in [3.63, 3.8) is 0 Å². The minimum atomic E-state index is -3.60. The standard InChI is InChI=1S/C17H18ClN3O5S/c1-3-20(4-2)27(25,26)14-8-5-12(6-9-14)19-17(22)15-11-13(21(23)24)7-10-16(15)18/h5-11H,3-4H2,1-2H3,(H,19,22). The average Bonchev–Trinajstić information content (AvgIpc) is 2.63. The predicted molar refractivity (Wildman–Crippen MR) is 103 cm³/mol. The molecular formula is C17H18ClN3O5S. The number of hydrogen-bond donors (Lipinski definition) is 1. The molecule has 0 bridgehead atoms. The second-order valence-electron chi connectivity index (χ2n) is 5.49. The zero-order valence-electron chi connectivity index (χ0n) is 14.7. The molecule has 2 aromatic carbocycles. The van der Waals surface area contributed by atoms with Crippen LogP contribution in [0.3, 0.4) is 0 Å². The lowest BCUT2D eigenvalue weighted by Gasteiger charge is -2.18. The van der Waals surface area contributed by atoms with Crippen molar-refractivity contribution < 1.29 is 18.1 Å². The Labute approximate surface area is 162 Å². The van der Waals surface area contributed by atoms with Crippen LogP contribution in [0.2, 0.25) is 5.02 Å². The van der Waals surface area contributed by atoms with Gasteiger partial charge in [-0.3, -0.25) is 14.9 Å². The second kappa shape index (κ2) is 8.47. The van der Waals surface area contributed by atoms with Crippen LogP contribution in [0.1, 0.15) is 24.2 Å². The summed E-state index contributed by atoms with van der Waals surface area (Å²) in [5.41, 5.74) is 0.0250. The summed E-state index contributed by atoms with van der Waals surface area (Å²) >= 11 is 5.95. The maximum atomic E-state index is 12.5. The van der Waals surface area contributed by atoms with Crippen molar-refractivity contribution in [1.29, 1.82) is 0 Å². The van der Waals surface area contributed by atoms with Gasteiger partial charge in [0.15, 0.2) is 0 Å². The highest BCUT2D eigenvalue weighted by atomic mass is 35.5. The number of nitro benzene ring substituents is 1. The second-order valence-corrected chi connectivity index (χ2v) is 7.83. The van der Waals surface area contributed by atoms with Crippen LogP contribution in [-0.2, 0) is 10.0 Å². The van der Waals surface area contributed by atoms with Gasteiger partial charge in [-0.25, -0.2) is 8.42 Å². The first-order chi connectivity index (χ1) is 12.7. The molecule has 0 spiro atoms. The van der Waals surface area contributed by atoms with Gasteiger partial charge in [0.25, 0.3) is 11.6 Å². The highest BCUT2D eigenvalue weighted by Gasteiger charge is 2.21. The number of carbonyl (C=O) groups excluding carboxylic acids is 1. The summed E-state index contributed by atoms with van der Waals surface area (Å²) in [4.78, 5) is 22.7. The van der Waals surface area contributed by atoms with Crippen molar-refractivity contribution in [2.24, 2.45) is 0 Å². The van der Waals surface area contributed by atoms with Gasteiger partial charge in [0, 0.05) is 30.9 Å². The number of anilines is 1. The summed E-state index contributed by atoms with van der Waals surface area (Å²) in [5, 5.41) is 13.5. The topological polar surface area (TPSA) is 110 Å². The predicted octanol–water partition coefficient (Wildman–Crippen LogP) is 3.53. The Bertz CT molecular complexity index is 957. The van der Waals surface area contributed by atoms with Crippen LogP contribution >= 0.6 is 11.6 Å². The van der Waals surface area contributed by atoms with E-state index in [1.165, 1.54) is 40.7 Å². The quantitative estimate of drug-likeness (QED) is 0.553. The number of hydrogen-bond acceptors (Lipinski definition) is 5. The van der Waals surface area contributed by atoms with E-state index in [-0.39, 0.29) is 21.2 Å². The van der Waals surface area contributed by atoms with E-state index >= 15 is 0 Å². The van der Waals surface area contributed by atoms with E-state index < -0.39 is 20.9 Å². The molecule has 0 heterocycles. The van der Waals surface area contributed by atoms with Crippen molar-refractivity contribution in [2.45, 2.75) is 18.7 Å². The normalized spacial score (nSPS) is 11.4. The molecule has 8 nitrogen and oxygen atoms in total. The summed E-state index contributed by atoms with van der Waals surface area (Å²) in [6.07, 6.45) is 0. The lowest BCUT2D eigenvalue weighted by molar-refractivity contribution is -0.384. The third-order valence-electron chi connectivity index (χ3n) is 3.86. The molecule has 0 aliphatic rings. The molecule has 27 heavy (non-hydrogen) atoms. The zero-order chi connectivity index (χ0) is 20.2. The number of sulfonamides is 1. The fraction of sp³-hybridized carbons (Fsp3) is 0.235. The number of nitrogens with zero attached hydrogens (tertiary/aromatic N) is 2. The van der Waals surface area contributed by atoms with E-state index in [1.54, 1.807) is 13.8 Å². The van der Waals surface area contributed by atoms with Crippen LogP contribution in [0.15, 0.2) is 47.4 Å². The van der Waals surface area contributed by atoms with E-state index in [0.29, 0.717) is 18.8 Å². The van der Waals surface area contributed by atoms with Crippen molar-refractivity contribution in [2.75, 3.05) is 18.4 Å². The lowest BCUT2D eigenvalue weighted by atomic mass is 10.2. The Morgan fingerprint density at radius 1 is 1.15 bits per heavy atom. The molecule has 0 aromatic heterocycles. The van der Waals surface area contributed by atoms with Gasteiger partial charge in [0.1, 0.15) is 0 Å². The van der Waals surface area contributed by atoms with Crippen LogP contribution in [0.5, 0.6) is 0 Å². The van der Waals surface area contributed by atoms with Gasteiger partial charge < -0.3 is 5.32 Å². The Hall–Kier alpha value is -2.49. The van der Waals surface area contributed by atoms with Crippen molar-refractivity contribution >= 4 is 38.9 Å². The molecule has 0 saturated heterocycles. The number of amides is 1. The number of rotatable bonds is 7. The van der Waals surface area contributed by atoms with Crippen LogP contribution in [0.25, 0.3) is 0 Å². The Balaban J connectivity index is 2.23. The van der Waals surface area contributed by atoms with Gasteiger partial charge >= 0.3 is 0 Å². The van der Waals surface area contributed by atoms with Gasteiger partial charge in [0.2, 0.25) is 10.0 Å². The first-order valence-corrected chi connectivity index (χ1v) is 9.88. The molecule has 0 aliphatic carbocycles. The molecule has 1 amide bonds. The van der Waals surface area contributed by atoms with E-state index in [0.717, 1.165) is 6.07 Å².